The van der Waals surface area contributed by atoms with Gasteiger partial charge in [-0.15, -0.1) is 0 Å². The van der Waals surface area contributed by atoms with E-state index in [0.717, 1.165) is 58.4 Å². The zero-order chi connectivity index (χ0) is 17.1. The van der Waals surface area contributed by atoms with E-state index in [2.05, 4.69) is 42.8 Å². The Morgan fingerprint density at radius 3 is 2.62 bits per heavy atom. The Bertz CT molecular complexity index is 856. The first-order valence-corrected chi connectivity index (χ1v) is 8.64. The minimum absolute atomic E-state index is 0.685. The maximum absolute atomic E-state index is 6.14. The summed E-state index contributed by atoms with van der Waals surface area (Å²) in [5, 5.41) is 2.19. The van der Waals surface area contributed by atoms with Crippen LogP contribution in [-0.4, -0.2) is 41.1 Å². The lowest BCUT2D eigenvalue weighted by Crippen LogP contribution is -2.27. The van der Waals surface area contributed by atoms with E-state index in [-0.39, 0.29) is 0 Å². The normalized spacial score (nSPS) is 11.5. The Balaban J connectivity index is 2.01. The van der Waals surface area contributed by atoms with Gasteiger partial charge < -0.3 is 9.64 Å². The highest BCUT2D eigenvalue weighted by atomic mass is 16.5. The average molecular weight is 323 g/mol. The molecule has 0 bridgehead atoms. The first kappa shape index (κ1) is 16.7. The molecule has 1 aromatic carbocycles. The van der Waals surface area contributed by atoms with Crippen LogP contribution in [0.2, 0.25) is 0 Å². The summed E-state index contributed by atoms with van der Waals surface area (Å²) in [7, 11) is 0. The van der Waals surface area contributed by atoms with Gasteiger partial charge in [0.2, 0.25) is 0 Å². The van der Waals surface area contributed by atoms with E-state index in [1.807, 2.05) is 25.3 Å². The number of aromatic nitrogens is 2. The van der Waals surface area contributed by atoms with Gasteiger partial charge in [0.15, 0.2) is 0 Å². The largest absolute Gasteiger partial charge is 0.491 e. The van der Waals surface area contributed by atoms with Crippen LogP contribution in [0.3, 0.4) is 0 Å². The SMILES string of the molecule is CCN(CC)CCOc1cc(C)nc2c(C)c3ncccc3cc12. The molecule has 0 N–H and O–H groups in total. The number of pyridine rings is 2. The summed E-state index contributed by atoms with van der Waals surface area (Å²) >= 11 is 0. The fourth-order valence-electron chi connectivity index (χ4n) is 3.14. The van der Waals surface area contributed by atoms with Gasteiger partial charge in [0.25, 0.3) is 0 Å². The van der Waals surface area contributed by atoms with Crippen molar-refractivity contribution in [1.29, 1.82) is 0 Å². The van der Waals surface area contributed by atoms with Gasteiger partial charge in [0.1, 0.15) is 12.4 Å². The second-order valence-corrected chi connectivity index (χ2v) is 6.11. The number of nitrogens with zero attached hydrogens (tertiary/aromatic N) is 3. The number of rotatable bonds is 6. The van der Waals surface area contributed by atoms with Crippen LogP contribution >= 0.6 is 0 Å². The molecule has 2 aromatic heterocycles. The smallest absolute Gasteiger partial charge is 0.130 e. The van der Waals surface area contributed by atoms with Gasteiger partial charge in [0, 0.05) is 40.8 Å². The van der Waals surface area contributed by atoms with Gasteiger partial charge in [-0.3, -0.25) is 9.97 Å². The Hall–Kier alpha value is -2.20. The molecule has 2 heterocycles. The zero-order valence-corrected chi connectivity index (χ0v) is 15.0. The van der Waals surface area contributed by atoms with Crippen LogP contribution in [-0.2, 0) is 0 Å². The molecule has 0 radical (unpaired) electrons. The fraction of sp³-hybridized carbons (Fsp3) is 0.400. The van der Waals surface area contributed by atoms with Gasteiger partial charge in [-0.1, -0.05) is 19.9 Å². The summed E-state index contributed by atoms with van der Waals surface area (Å²) in [5.41, 5.74) is 4.08. The molecule has 4 nitrogen and oxygen atoms in total. The quantitative estimate of drug-likeness (QED) is 0.640. The van der Waals surface area contributed by atoms with E-state index in [1.54, 1.807) is 0 Å². The summed E-state index contributed by atoms with van der Waals surface area (Å²) in [6, 6.07) is 8.24. The maximum Gasteiger partial charge on any atom is 0.130 e. The number of hydrogen-bond acceptors (Lipinski definition) is 4. The van der Waals surface area contributed by atoms with Crippen LogP contribution < -0.4 is 4.74 Å². The third-order valence-electron chi connectivity index (χ3n) is 4.56. The Morgan fingerprint density at radius 2 is 1.88 bits per heavy atom. The second kappa shape index (κ2) is 7.14. The van der Waals surface area contributed by atoms with Crippen LogP contribution in [0.4, 0.5) is 0 Å². The molecule has 0 aliphatic heterocycles. The molecule has 3 rings (SSSR count). The van der Waals surface area contributed by atoms with E-state index in [1.165, 1.54) is 0 Å². The van der Waals surface area contributed by atoms with E-state index < -0.39 is 0 Å². The molecule has 0 aliphatic rings. The summed E-state index contributed by atoms with van der Waals surface area (Å²) in [6.45, 7) is 12.2. The minimum Gasteiger partial charge on any atom is -0.491 e. The molecule has 3 aromatic rings. The van der Waals surface area contributed by atoms with Gasteiger partial charge >= 0.3 is 0 Å². The number of hydrogen-bond donors (Lipinski definition) is 0. The highest BCUT2D eigenvalue weighted by Gasteiger charge is 2.12. The number of benzene rings is 1. The van der Waals surface area contributed by atoms with Gasteiger partial charge in [-0.05, 0) is 39.1 Å². The number of aryl methyl sites for hydroxylation is 2. The lowest BCUT2D eigenvalue weighted by atomic mass is 10.0. The molecule has 0 saturated heterocycles. The average Bonchev–Trinajstić information content (AvgIpc) is 2.60. The molecule has 24 heavy (non-hydrogen) atoms. The van der Waals surface area contributed by atoms with Crippen molar-refractivity contribution in [2.45, 2.75) is 27.7 Å². The van der Waals surface area contributed by atoms with Gasteiger partial charge in [0.05, 0.1) is 11.0 Å². The predicted octanol–water partition coefficient (Wildman–Crippen LogP) is 4.12. The summed E-state index contributed by atoms with van der Waals surface area (Å²) in [5.74, 6) is 0.915. The zero-order valence-electron chi connectivity index (χ0n) is 15.0. The molecule has 0 aliphatic carbocycles. The van der Waals surface area contributed by atoms with Crippen molar-refractivity contribution < 1.29 is 4.74 Å². The first-order chi connectivity index (χ1) is 11.6. The lowest BCUT2D eigenvalue weighted by molar-refractivity contribution is 0.224. The monoisotopic (exact) mass is 323 g/mol. The van der Waals surface area contributed by atoms with Crippen molar-refractivity contribution >= 4 is 21.8 Å². The summed E-state index contributed by atoms with van der Waals surface area (Å²) < 4.78 is 6.14. The van der Waals surface area contributed by atoms with E-state index in [4.69, 9.17) is 9.72 Å². The van der Waals surface area contributed by atoms with Crippen LogP contribution in [0.25, 0.3) is 21.8 Å². The first-order valence-electron chi connectivity index (χ1n) is 8.64. The molecule has 0 unspecified atom stereocenters. The van der Waals surface area contributed by atoms with Crippen LogP contribution in [0, 0.1) is 13.8 Å². The van der Waals surface area contributed by atoms with Crippen molar-refractivity contribution in [3.63, 3.8) is 0 Å². The summed E-state index contributed by atoms with van der Waals surface area (Å²) in [6.07, 6.45) is 1.83. The third-order valence-corrected chi connectivity index (χ3v) is 4.56. The van der Waals surface area contributed by atoms with Crippen molar-refractivity contribution in [3.05, 3.63) is 41.7 Å². The molecule has 4 heteroatoms. The van der Waals surface area contributed by atoms with Crippen LogP contribution in [0.15, 0.2) is 30.5 Å². The fourth-order valence-corrected chi connectivity index (χ4v) is 3.14. The van der Waals surface area contributed by atoms with Crippen molar-refractivity contribution in [1.82, 2.24) is 14.9 Å². The number of likely N-dealkylation sites (N-methyl/N-ethyl adjacent to an activating group) is 1. The molecule has 0 saturated carbocycles. The van der Waals surface area contributed by atoms with Crippen molar-refractivity contribution in [2.24, 2.45) is 0 Å². The molecule has 0 atom stereocenters. The minimum atomic E-state index is 0.685. The summed E-state index contributed by atoms with van der Waals surface area (Å²) in [4.78, 5) is 11.6. The van der Waals surface area contributed by atoms with E-state index in [9.17, 15) is 0 Å². The topological polar surface area (TPSA) is 38.2 Å². The van der Waals surface area contributed by atoms with Gasteiger partial charge in [-0.25, -0.2) is 0 Å². The molecule has 0 fully saturated rings. The standard InChI is InChI=1S/C20H25N3O/c1-5-23(6-2)10-11-24-18-12-14(3)22-20-15(4)19-16(13-17(18)20)8-7-9-21-19/h7-9,12-13H,5-6,10-11H2,1-4H3. The van der Waals surface area contributed by atoms with Crippen LogP contribution in [0.1, 0.15) is 25.1 Å². The van der Waals surface area contributed by atoms with E-state index in [0.29, 0.717) is 6.61 Å². The Morgan fingerprint density at radius 1 is 1.08 bits per heavy atom. The van der Waals surface area contributed by atoms with Crippen LogP contribution in [0.5, 0.6) is 5.75 Å². The predicted molar refractivity (Wildman–Crippen MR) is 99.8 cm³/mol. The third kappa shape index (κ3) is 3.20. The molecule has 126 valence electrons. The molecular formula is C20H25N3O. The number of ether oxygens (including phenoxy) is 1. The Kier molecular flexibility index (Phi) is 4.95. The van der Waals surface area contributed by atoms with Crippen molar-refractivity contribution in [2.75, 3.05) is 26.2 Å². The maximum atomic E-state index is 6.14. The molecular weight excluding hydrogens is 298 g/mol. The van der Waals surface area contributed by atoms with Gasteiger partial charge in [-0.2, -0.15) is 0 Å². The lowest BCUT2D eigenvalue weighted by Gasteiger charge is -2.19. The Labute approximate surface area is 143 Å². The molecule has 0 amide bonds. The highest BCUT2D eigenvalue weighted by molar-refractivity contribution is 6.01. The number of fused-ring (bicyclic) bond motifs is 2. The highest BCUT2D eigenvalue weighted by Crippen LogP contribution is 2.32. The van der Waals surface area contributed by atoms with Crippen molar-refractivity contribution in [3.8, 4) is 5.75 Å². The second-order valence-electron chi connectivity index (χ2n) is 6.11. The molecule has 0 spiro atoms. The van der Waals surface area contributed by atoms with E-state index >= 15 is 0 Å².